The summed E-state index contributed by atoms with van der Waals surface area (Å²) in [6.07, 6.45) is 2.59. The van der Waals surface area contributed by atoms with Gasteiger partial charge in [-0.25, -0.2) is 0 Å². The number of halogens is 1. The van der Waals surface area contributed by atoms with Gasteiger partial charge >= 0.3 is 0 Å². The first-order valence-corrected chi connectivity index (χ1v) is 5.26. The normalized spacial score (nSPS) is 17.9. The molecule has 76 valence electrons. The van der Waals surface area contributed by atoms with Crippen LogP contribution >= 0.6 is 11.6 Å². The lowest BCUT2D eigenvalue weighted by Gasteiger charge is -2.14. The average molecular weight is 211 g/mol. The van der Waals surface area contributed by atoms with Gasteiger partial charge in [-0.1, -0.05) is 24.6 Å². The molecule has 0 amide bonds. The Morgan fingerprint density at radius 2 is 2.21 bits per heavy atom. The summed E-state index contributed by atoms with van der Waals surface area (Å²) in [5.41, 5.74) is 7.89. The summed E-state index contributed by atoms with van der Waals surface area (Å²) < 4.78 is 0. The maximum Gasteiger partial charge on any atom is 0.0763 e. The highest BCUT2D eigenvalue weighted by molar-refractivity contribution is 6.33. The highest BCUT2D eigenvalue weighted by atomic mass is 35.5. The highest BCUT2D eigenvalue weighted by Crippen LogP contribution is 2.45. The van der Waals surface area contributed by atoms with Gasteiger partial charge in [-0.2, -0.15) is 0 Å². The second-order valence-corrected chi connectivity index (χ2v) is 4.78. The van der Waals surface area contributed by atoms with E-state index >= 15 is 0 Å². The summed E-state index contributed by atoms with van der Waals surface area (Å²) >= 11 is 6.04. The first kappa shape index (κ1) is 9.66. The molecule has 0 atom stereocenters. The number of hydrogen-bond acceptors (Lipinski definition) is 2. The molecule has 1 aliphatic rings. The van der Waals surface area contributed by atoms with Gasteiger partial charge in [0.2, 0.25) is 0 Å². The molecule has 1 aromatic carbocycles. The quantitative estimate of drug-likeness (QED) is 0.753. The lowest BCUT2D eigenvalue weighted by molar-refractivity contribution is 0.611. The highest BCUT2D eigenvalue weighted by Gasteiger charge is 2.36. The summed E-state index contributed by atoms with van der Waals surface area (Å²) in [4.78, 5) is 0. The lowest BCUT2D eigenvalue weighted by atomic mass is 10.1. The molecular weight excluding hydrogens is 196 g/mol. The Balaban J connectivity index is 2.08. The molecule has 0 aliphatic heterocycles. The van der Waals surface area contributed by atoms with Crippen molar-refractivity contribution in [2.24, 2.45) is 5.41 Å². The molecule has 0 aromatic heterocycles. The Bertz CT molecular complexity index is 325. The van der Waals surface area contributed by atoms with Gasteiger partial charge < -0.3 is 11.1 Å². The maximum atomic E-state index is 6.04. The van der Waals surface area contributed by atoms with Crippen LogP contribution in [0.1, 0.15) is 19.8 Å². The maximum absolute atomic E-state index is 6.04. The van der Waals surface area contributed by atoms with E-state index in [1.807, 2.05) is 18.2 Å². The predicted molar refractivity (Wildman–Crippen MR) is 61.7 cm³/mol. The fraction of sp³-hybridized carbons (Fsp3) is 0.455. The van der Waals surface area contributed by atoms with Crippen molar-refractivity contribution in [3.05, 3.63) is 23.2 Å². The number of rotatable bonds is 3. The van der Waals surface area contributed by atoms with Crippen molar-refractivity contribution in [3.63, 3.8) is 0 Å². The molecule has 2 nitrogen and oxygen atoms in total. The van der Waals surface area contributed by atoms with Crippen molar-refractivity contribution in [1.29, 1.82) is 0 Å². The molecule has 0 saturated heterocycles. The monoisotopic (exact) mass is 210 g/mol. The molecule has 3 heteroatoms. The van der Waals surface area contributed by atoms with Crippen LogP contribution in [-0.4, -0.2) is 6.54 Å². The molecule has 0 radical (unpaired) electrons. The third kappa shape index (κ3) is 1.95. The molecule has 0 unspecified atom stereocenters. The Morgan fingerprint density at radius 3 is 2.79 bits per heavy atom. The fourth-order valence-electron chi connectivity index (χ4n) is 1.42. The summed E-state index contributed by atoms with van der Waals surface area (Å²) in [5.74, 6) is 0. The van der Waals surface area contributed by atoms with Crippen LogP contribution in [0.15, 0.2) is 18.2 Å². The van der Waals surface area contributed by atoms with Crippen LogP contribution in [0.4, 0.5) is 11.4 Å². The minimum atomic E-state index is 0.464. The zero-order valence-corrected chi connectivity index (χ0v) is 9.06. The molecule has 14 heavy (non-hydrogen) atoms. The number of hydrogen-bond donors (Lipinski definition) is 2. The van der Waals surface area contributed by atoms with Gasteiger partial charge in [-0.3, -0.25) is 0 Å². The van der Waals surface area contributed by atoms with E-state index in [0.717, 1.165) is 17.9 Å². The van der Waals surface area contributed by atoms with E-state index in [1.165, 1.54) is 12.8 Å². The van der Waals surface area contributed by atoms with Gasteiger partial charge in [-0.05, 0) is 30.4 Å². The number of nitrogen functional groups attached to an aromatic ring is 1. The van der Waals surface area contributed by atoms with E-state index in [2.05, 4.69) is 12.2 Å². The second-order valence-electron chi connectivity index (χ2n) is 4.37. The van der Waals surface area contributed by atoms with Crippen LogP contribution in [0.3, 0.4) is 0 Å². The molecule has 2 rings (SSSR count). The van der Waals surface area contributed by atoms with E-state index in [4.69, 9.17) is 17.3 Å². The van der Waals surface area contributed by atoms with Crippen LogP contribution in [-0.2, 0) is 0 Å². The molecule has 0 bridgehead atoms. The number of nitrogens with two attached hydrogens (primary N) is 1. The Labute approximate surface area is 89.4 Å². The second kappa shape index (κ2) is 3.35. The van der Waals surface area contributed by atoms with Crippen molar-refractivity contribution in [2.75, 3.05) is 17.6 Å². The summed E-state index contributed by atoms with van der Waals surface area (Å²) in [6.45, 7) is 3.23. The van der Waals surface area contributed by atoms with E-state index < -0.39 is 0 Å². The number of nitrogens with one attached hydrogen (secondary N) is 1. The first-order chi connectivity index (χ1) is 6.61. The number of benzene rings is 1. The van der Waals surface area contributed by atoms with E-state index in [9.17, 15) is 0 Å². The summed E-state index contributed by atoms with van der Waals surface area (Å²) in [7, 11) is 0. The van der Waals surface area contributed by atoms with Gasteiger partial charge in [0.15, 0.2) is 0 Å². The molecule has 0 spiro atoms. The minimum Gasteiger partial charge on any atom is -0.397 e. The molecule has 1 fully saturated rings. The van der Waals surface area contributed by atoms with E-state index in [0.29, 0.717) is 10.4 Å². The van der Waals surface area contributed by atoms with Gasteiger partial charge in [0, 0.05) is 6.54 Å². The molecule has 1 aromatic rings. The van der Waals surface area contributed by atoms with Crippen molar-refractivity contribution in [3.8, 4) is 0 Å². The van der Waals surface area contributed by atoms with E-state index in [-0.39, 0.29) is 0 Å². The Morgan fingerprint density at radius 1 is 1.50 bits per heavy atom. The van der Waals surface area contributed by atoms with Crippen molar-refractivity contribution < 1.29 is 0 Å². The Hall–Kier alpha value is -0.890. The molecule has 0 heterocycles. The lowest BCUT2D eigenvalue weighted by Crippen LogP contribution is -2.13. The van der Waals surface area contributed by atoms with Crippen LogP contribution in [0.5, 0.6) is 0 Å². The molecular formula is C11H15ClN2. The summed E-state index contributed by atoms with van der Waals surface area (Å²) in [5, 5.41) is 4.03. The molecule has 1 aliphatic carbocycles. The topological polar surface area (TPSA) is 38.0 Å². The number of para-hydroxylation sites is 1. The van der Waals surface area contributed by atoms with Crippen LogP contribution < -0.4 is 11.1 Å². The zero-order chi connectivity index (χ0) is 10.2. The third-order valence-electron chi connectivity index (χ3n) is 2.84. The first-order valence-electron chi connectivity index (χ1n) is 4.89. The van der Waals surface area contributed by atoms with Gasteiger partial charge in [0.1, 0.15) is 0 Å². The predicted octanol–water partition coefficient (Wildman–Crippen LogP) is 3.13. The van der Waals surface area contributed by atoms with Crippen molar-refractivity contribution in [2.45, 2.75) is 19.8 Å². The van der Waals surface area contributed by atoms with Crippen LogP contribution in [0.2, 0.25) is 5.02 Å². The van der Waals surface area contributed by atoms with Gasteiger partial charge in [-0.15, -0.1) is 0 Å². The van der Waals surface area contributed by atoms with Crippen LogP contribution in [0, 0.1) is 5.41 Å². The SMILES string of the molecule is CC1(CNc2c(N)cccc2Cl)CC1. The Kier molecular flexibility index (Phi) is 2.31. The molecule has 1 saturated carbocycles. The van der Waals surface area contributed by atoms with Crippen LogP contribution in [0.25, 0.3) is 0 Å². The smallest absolute Gasteiger partial charge is 0.0763 e. The standard InChI is InChI=1S/C11H15ClN2/c1-11(5-6-11)7-14-10-8(12)3-2-4-9(10)13/h2-4,14H,5-7,13H2,1H3. The summed E-state index contributed by atoms with van der Waals surface area (Å²) in [6, 6.07) is 5.58. The minimum absolute atomic E-state index is 0.464. The number of anilines is 2. The van der Waals surface area contributed by atoms with Gasteiger partial charge in [0.05, 0.1) is 16.4 Å². The van der Waals surface area contributed by atoms with Gasteiger partial charge in [0.25, 0.3) is 0 Å². The fourth-order valence-corrected chi connectivity index (χ4v) is 1.67. The third-order valence-corrected chi connectivity index (χ3v) is 3.16. The largest absolute Gasteiger partial charge is 0.397 e. The zero-order valence-electron chi connectivity index (χ0n) is 8.31. The van der Waals surface area contributed by atoms with Crippen molar-refractivity contribution in [1.82, 2.24) is 0 Å². The average Bonchev–Trinajstić information content (AvgIpc) is 2.83. The van der Waals surface area contributed by atoms with Crippen molar-refractivity contribution >= 4 is 23.0 Å². The van der Waals surface area contributed by atoms with E-state index in [1.54, 1.807) is 0 Å². The molecule has 3 N–H and O–H groups in total.